The molecule has 0 spiro atoms. The normalized spacial score (nSPS) is 15.9. The SMILES string of the molecule is CC(O)C(NC(=O)CCCc1ccc2c(c1)CCC2)C(=O)O. The van der Waals surface area contributed by atoms with Crippen LogP contribution in [0.3, 0.4) is 0 Å². The Morgan fingerprint density at radius 2 is 2.00 bits per heavy atom. The van der Waals surface area contributed by atoms with Gasteiger partial charge in [0.05, 0.1) is 6.10 Å². The second-order valence-electron chi connectivity index (χ2n) is 5.93. The van der Waals surface area contributed by atoms with Gasteiger partial charge in [-0.25, -0.2) is 4.79 Å². The molecule has 1 amide bonds. The van der Waals surface area contributed by atoms with Gasteiger partial charge in [-0.2, -0.15) is 0 Å². The van der Waals surface area contributed by atoms with Gasteiger partial charge in [0.2, 0.25) is 5.91 Å². The number of fused-ring (bicyclic) bond motifs is 1. The van der Waals surface area contributed by atoms with E-state index in [0.717, 1.165) is 19.3 Å². The third-order valence-electron chi connectivity index (χ3n) is 4.10. The fraction of sp³-hybridized carbons (Fsp3) is 0.529. The van der Waals surface area contributed by atoms with Crippen molar-refractivity contribution in [3.8, 4) is 0 Å². The Labute approximate surface area is 130 Å². The highest BCUT2D eigenvalue weighted by atomic mass is 16.4. The van der Waals surface area contributed by atoms with Crippen LogP contribution in [0.15, 0.2) is 18.2 Å². The number of benzene rings is 1. The molecule has 2 unspecified atom stereocenters. The van der Waals surface area contributed by atoms with Crippen molar-refractivity contribution >= 4 is 11.9 Å². The average molecular weight is 305 g/mol. The molecule has 2 atom stereocenters. The topological polar surface area (TPSA) is 86.6 Å². The van der Waals surface area contributed by atoms with Gasteiger partial charge in [0, 0.05) is 6.42 Å². The van der Waals surface area contributed by atoms with E-state index in [1.54, 1.807) is 0 Å². The van der Waals surface area contributed by atoms with Crippen molar-refractivity contribution in [2.45, 2.75) is 57.6 Å². The lowest BCUT2D eigenvalue weighted by molar-refractivity contribution is -0.144. The number of aliphatic carboxylic acids is 1. The molecular formula is C17H23NO4. The molecule has 2 rings (SSSR count). The maximum Gasteiger partial charge on any atom is 0.328 e. The van der Waals surface area contributed by atoms with E-state index in [0.29, 0.717) is 6.42 Å². The van der Waals surface area contributed by atoms with Gasteiger partial charge in [0.15, 0.2) is 6.04 Å². The number of hydrogen-bond donors (Lipinski definition) is 3. The molecule has 1 aliphatic rings. The van der Waals surface area contributed by atoms with Gasteiger partial charge in [-0.15, -0.1) is 0 Å². The van der Waals surface area contributed by atoms with Gasteiger partial charge < -0.3 is 15.5 Å². The monoisotopic (exact) mass is 305 g/mol. The summed E-state index contributed by atoms with van der Waals surface area (Å²) in [7, 11) is 0. The maximum atomic E-state index is 11.8. The van der Waals surface area contributed by atoms with Crippen LogP contribution in [0.2, 0.25) is 0 Å². The van der Waals surface area contributed by atoms with Gasteiger partial charge in [-0.05, 0) is 55.7 Å². The highest BCUT2D eigenvalue weighted by Gasteiger charge is 2.24. The number of carboxylic acids is 1. The largest absolute Gasteiger partial charge is 0.480 e. The molecule has 0 bridgehead atoms. The summed E-state index contributed by atoms with van der Waals surface area (Å²) in [5.41, 5.74) is 4.07. The number of carboxylic acid groups (broad SMARTS) is 1. The van der Waals surface area contributed by atoms with Crippen LogP contribution in [0.1, 0.15) is 42.9 Å². The second kappa shape index (κ2) is 7.40. The van der Waals surface area contributed by atoms with Crippen LogP contribution < -0.4 is 5.32 Å². The fourth-order valence-corrected chi connectivity index (χ4v) is 2.87. The van der Waals surface area contributed by atoms with E-state index in [2.05, 4.69) is 23.5 Å². The van der Waals surface area contributed by atoms with Crippen LogP contribution >= 0.6 is 0 Å². The van der Waals surface area contributed by atoms with Gasteiger partial charge in [0.1, 0.15) is 0 Å². The molecule has 0 aliphatic heterocycles. The molecule has 1 aliphatic carbocycles. The third kappa shape index (κ3) is 4.31. The molecule has 0 saturated heterocycles. The molecule has 120 valence electrons. The van der Waals surface area contributed by atoms with E-state index in [4.69, 9.17) is 5.11 Å². The predicted molar refractivity (Wildman–Crippen MR) is 82.7 cm³/mol. The van der Waals surface area contributed by atoms with E-state index in [1.807, 2.05) is 0 Å². The molecule has 1 aromatic rings. The lowest BCUT2D eigenvalue weighted by Crippen LogP contribution is -2.47. The summed E-state index contributed by atoms with van der Waals surface area (Å²) in [5.74, 6) is -1.56. The van der Waals surface area contributed by atoms with Crippen LogP contribution in [0.5, 0.6) is 0 Å². The zero-order chi connectivity index (χ0) is 16.1. The zero-order valence-corrected chi connectivity index (χ0v) is 12.8. The summed E-state index contributed by atoms with van der Waals surface area (Å²) >= 11 is 0. The lowest BCUT2D eigenvalue weighted by atomic mass is 10.0. The third-order valence-corrected chi connectivity index (χ3v) is 4.10. The van der Waals surface area contributed by atoms with E-state index in [-0.39, 0.29) is 12.3 Å². The Morgan fingerprint density at radius 1 is 1.27 bits per heavy atom. The predicted octanol–water partition coefficient (Wildman–Crippen LogP) is 1.45. The van der Waals surface area contributed by atoms with Crippen LogP contribution in [0.25, 0.3) is 0 Å². The smallest absolute Gasteiger partial charge is 0.328 e. The van der Waals surface area contributed by atoms with Crippen LogP contribution in [-0.2, 0) is 28.9 Å². The summed E-state index contributed by atoms with van der Waals surface area (Å²) in [6.07, 6.45) is 4.12. The first-order valence-corrected chi connectivity index (χ1v) is 7.78. The minimum absolute atomic E-state index is 0.258. The average Bonchev–Trinajstić information content (AvgIpc) is 2.91. The van der Waals surface area contributed by atoms with Crippen molar-refractivity contribution < 1.29 is 19.8 Å². The molecule has 0 fully saturated rings. The number of aliphatic hydroxyl groups is 1. The first-order chi connectivity index (χ1) is 10.5. The Kier molecular flexibility index (Phi) is 5.55. The quantitative estimate of drug-likeness (QED) is 0.711. The molecule has 1 aromatic carbocycles. The number of aryl methyl sites for hydroxylation is 3. The first-order valence-electron chi connectivity index (χ1n) is 7.78. The van der Waals surface area contributed by atoms with Crippen molar-refractivity contribution in [3.63, 3.8) is 0 Å². The van der Waals surface area contributed by atoms with Crippen molar-refractivity contribution in [2.75, 3.05) is 0 Å². The molecule has 0 heterocycles. The summed E-state index contributed by atoms with van der Waals surface area (Å²) in [4.78, 5) is 22.7. The van der Waals surface area contributed by atoms with Crippen LogP contribution in [0, 0.1) is 0 Å². The number of hydrogen-bond acceptors (Lipinski definition) is 3. The Hall–Kier alpha value is -1.88. The minimum atomic E-state index is -1.24. The molecule has 0 saturated carbocycles. The number of aliphatic hydroxyl groups excluding tert-OH is 1. The molecule has 0 aromatic heterocycles. The minimum Gasteiger partial charge on any atom is -0.480 e. The van der Waals surface area contributed by atoms with Crippen LogP contribution in [-0.4, -0.2) is 34.2 Å². The summed E-state index contributed by atoms with van der Waals surface area (Å²) < 4.78 is 0. The fourth-order valence-electron chi connectivity index (χ4n) is 2.87. The standard InChI is InChI=1S/C17H23NO4/c1-11(19)16(17(21)22)18-15(20)7-2-4-12-8-9-13-5-3-6-14(13)10-12/h8-11,16,19H,2-7H2,1H3,(H,18,20)(H,21,22). The number of rotatable bonds is 7. The number of carbonyl (C=O) groups excluding carboxylic acids is 1. The zero-order valence-electron chi connectivity index (χ0n) is 12.8. The summed E-state index contributed by atoms with van der Waals surface area (Å²) in [5, 5.41) is 20.6. The van der Waals surface area contributed by atoms with Crippen molar-refractivity contribution in [2.24, 2.45) is 0 Å². The second-order valence-corrected chi connectivity index (χ2v) is 5.93. The van der Waals surface area contributed by atoms with Crippen LogP contribution in [0.4, 0.5) is 0 Å². The van der Waals surface area contributed by atoms with Crippen molar-refractivity contribution in [1.82, 2.24) is 5.32 Å². The maximum absolute atomic E-state index is 11.8. The molecular weight excluding hydrogens is 282 g/mol. The highest BCUT2D eigenvalue weighted by molar-refractivity contribution is 5.83. The molecule has 0 radical (unpaired) electrons. The molecule has 5 nitrogen and oxygen atoms in total. The Morgan fingerprint density at radius 3 is 2.68 bits per heavy atom. The number of nitrogens with one attached hydrogen (secondary N) is 1. The van der Waals surface area contributed by atoms with E-state index >= 15 is 0 Å². The lowest BCUT2D eigenvalue weighted by Gasteiger charge is -2.16. The van der Waals surface area contributed by atoms with Gasteiger partial charge in [-0.3, -0.25) is 4.79 Å². The first kappa shape index (κ1) is 16.5. The number of carbonyl (C=O) groups is 2. The van der Waals surface area contributed by atoms with E-state index in [1.165, 1.54) is 30.0 Å². The van der Waals surface area contributed by atoms with Gasteiger partial charge >= 0.3 is 5.97 Å². The summed E-state index contributed by atoms with van der Waals surface area (Å²) in [6.45, 7) is 1.35. The Balaban J connectivity index is 1.78. The molecule has 5 heteroatoms. The van der Waals surface area contributed by atoms with Crippen molar-refractivity contribution in [3.05, 3.63) is 34.9 Å². The number of amides is 1. The highest BCUT2D eigenvalue weighted by Crippen LogP contribution is 2.23. The van der Waals surface area contributed by atoms with Gasteiger partial charge in [0.25, 0.3) is 0 Å². The van der Waals surface area contributed by atoms with Crippen molar-refractivity contribution in [1.29, 1.82) is 0 Å². The van der Waals surface area contributed by atoms with E-state index < -0.39 is 18.1 Å². The molecule has 3 N–H and O–H groups in total. The molecule has 22 heavy (non-hydrogen) atoms. The van der Waals surface area contributed by atoms with Gasteiger partial charge in [-0.1, -0.05) is 18.2 Å². The summed E-state index contributed by atoms with van der Waals surface area (Å²) in [6, 6.07) is 5.26. The Bertz CT molecular complexity index is 554. The van der Waals surface area contributed by atoms with E-state index in [9.17, 15) is 14.7 Å².